The number of esters is 1. The van der Waals surface area contributed by atoms with E-state index >= 15 is 0 Å². The van der Waals surface area contributed by atoms with E-state index in [0.29, 0.717) is 30.6 Å². The molecule has 138 valence electrons. The van der Waals surface area contributed by atoms with Crippen LogP contribution in [-0.2, 0) is 17.7 Å². The highest BCUT2D eigenvalue weighted by molar-refractivity contribution is 5.94. The van der Waals surface area contributed by atoms with Gasteiger partial charge in [0, 0.05) is 12.1 Å². The van der Waals surface area contributed by atoms with Gasteiger partial charge in [0.1, 0.15) is 12.7 Å². The second-order valence-corrected chi connectivity index (χ2v) is 5.98. The number of rotatable bonds is 7. The van der Waals surface area contributed by atoms with Crippen molar-refractivity contribution >= 4 is 11.9 Å². The third-order valence-electron chi connectivity index (χ3n) is 4.10. The Morgan fingerprint density at radius 2 is 1.67 bits per heavy atom. The van der Waals surface area contributed by atoms with Gasteiger partial charge in [-0.3, -0.25) is 4.79 Å². The monoisotopic (exact) mass is 364 g/mol. The zero-order chi connectivity index (χ0) is 19.1. The molecule has 0 unspecified atom stereocenters. The number of ether oxygens (including phenoxy) is 1. The molecule has 7 heteroatoms. The van der Waals surface area contributed by atoms with Crippen molar-refractivity contribution in [1.82, 2.24) is 20.1 Å². The summed E-state index contributed by atoms with van der Waals surface area (Å²) < 4.78 is 6.39. The Morgan fingerprint density at radius 3 is 2.30 bits per heavy atom. The zero-order valence-electron chi connectivity index (χ0n) is 15.0. The SMILES string of the molecule is COC(=O)c1ccc(CCNC(=O)c2ccc(Cn3cncn3)cc2)cc1. The minimum atomic E-state index is -0.359. The van der Waals surface area contributed by atoms with Crippen LogP contribution < -0.4 is 5.32 Å². The molecule has 3 aromatic rings. The Labute approximate surface area is 157 Å². The molecule has 0 aliphatic heterocycles. The predicted octanol–water partition coefficient (Wildman–Crippen LogP) is 2.09. The molecule has 3 rings (SSSR count). The van der Waals surface area contributed by atoms with Gasteiger partial charge < -0.3 is 10.1 Å². The van der Waals surface area contributed by atoms with E-state index in [4.69, 9.17) is 0 Å². The molecule has 7 nitrogen and oxygen atoms in total. The van der Waals surface area contributed by atoms with Crippen LogP contribution in [0.4, 0.5) is 0 Å². The van der Waals surface area contributed by atoms with Gasteiger partial charge in [0.25, 0.3) is 5.91 Å². The van der Waals surface area contributed by atoms with Crippen LogP contribution >= 0.6 is 0 Å². The maximum absolute atomic E-state index is 12.2. The second-order valence-electron chi connectivity index (χ2n) is 5.98. The van der Waals surface area contributed by atoms with E-state index in [1.165, 1.54) is 13.4 Å². The van der Waals surface area contributed by atoms with Gasteiger partial charge in [-0.2, -0.15) is 5.10 Å². The minimum absolute atomic E-state index is 0.117. The molecule has 1 heterocycles. The normalized spacial score (nSPS) is 10.4. The van der Waals surface area contributed by atoms with Crippen LogP contribution in [-0.4, -0.2) is 40.3 Å². The zero-order valence-corrected chi connectivity index (χ0v) is 15.0. The van der Waals surface area contributed by atoms with Gasteiger partial charge in [-0.15, -0.1) is 0 Å². The molecule has 1 N–H and O–H groups in total. The van der Waals surface area contributed by atoms with E-state index in [0.717, 1.165) is 11.1 Å². The van der Waals surface area contributed by atoms with Crippen LogP contribution in [0.25, 0.3) is 0 Å². The highest BCUT2D eigenvalue weighted by atomic mass is 16.5. The van der Waals surface area contributed by atoms with Crippen molar-refractivity contribution in [2.24, 2.45) is 0 Å². The summed E-state index contributed by atoms with van der Waals surface area (Å²) in [6, 6.07) is 14.6. The van der Waals surface area contributed by atoms with Gasteiger partial charge in [-0.05, 0) is 41.8 Å². The van der Waals surface area contributed by atoms with Crippen molar-refractivity contribution in [3.05, 3.63) is 83.4 Å². The Balaban J connectivity index is 1.48. The van der Waals surface area contributed by atoms with Crippen LogP contribution in [0.5, 0.6) is 0 Å². The fourth-order valence-electron chi connectivity index (χ4n) is 2.61. The average Bonchev–Trinajstić information content (AvgIpc) is 3.21. The number of carbonyl (C=O) groups excluding carboxylic acids is 2. The number of aromatic nitrogens is 3. The standard InChI is InChI=1S/C20H20N4O3/c1-27-20(26)18-8-2-15(3-9-18)10-11-22-19(25)17-6-4-16(5-7-17)12-24-14-21-13-23-24/h2-9,13-14H,10-12H2,1H3,(H,22,25). The molecule has 0 fully saturated rings. The third-order valence-corrected chi connectivity index (χ3v) is 4.10. The molecule has 0 aliphatic rings. The molecule has 0 saturated carbocycles. The highest BCUT2D eigenvalue weighted by Crippen LogP contribution is 2.08. The molecule has 1 amide bonds. The van der Waals surface area contributed by atoms with Crippen molar-refractivity contribution in [3.63, 3.8) is 0 Å². The van der Waals surface area contributed by atoms with Gasteiger partial charge in [-0.1, -0.05) is 24.3 Å². The topological polar surface area (TPSA) is 86.1 Å². The molecule has 27 heavy (non-hydrogen) atoms. The molecule has 0 bridgehead atoms. The summed E-state index contributed by atoms with van der Waals surface area (Å²) in [5, 5.41) is 6.96. The smallest absolute Gasteiger partial charge is 0.337 e. The minimum Gasteiger partial charge on any atom is -0.465 e. The van der Waals surface area contributed by atoms with Gasteiger partial charge in [0.2, 0.25) is 0 Å². The first-order valence-electron chi connectivity index (χ1n) is 8.52. The van der Waals surface area contributed by atoms with Crippen molar-refractivity contribution in [1.29, 1.82) is 0 Å². The maximum atomic E-state index is 12.2. The molecule has 0 radical (unpaired) electrons. The molecule has 0 aliphatic carbocycles. The van der Waals surface area contributed by atoms with Crippen molar-refractivity contribution in [2.75, 3.05) is 13.7 Å². The molecule has 0 saturated heterocycles. The van der Waals surface area contributed by atoms with Gasteiger partial charge in [0.15, 0.2) is 0 Å². The van der Waals surface area contributed by atoms with Crippen LogP contribution in [0.15, 0.2) is 61.2 Å². The lowest BCUT2D eigenvalue weighted by atomic mass is 10.1. The van der Waals surface area contributed by atoms with E-state index in [-0.39, 0.29) is 11.9 Å². The first-order valence-corrected chi connectivity index (χ1v) is 8.52. The number of nitrogens with zero attached hydrogens (tertiary/aromatic N) is 3. The Hall–Kier alpha value is -3.48. The van der Waals surface area contributed by atoms with Gasteiger partial charge in [-0.25, -0.2) is 14.5 Å². The fraction of sp³-hybridized carbons (Fsp3) is 0.200. The van der Waals surface area contributed by atoms with Crippen molar-refractivity contribution in [2.45, 2.75) is 13.0 Å². The first kappa shape index (κ1) is 18.3. The summed E-state index contributed by atoms with van der Waals surface area (Å²) in [4.78, 5) is 27.6. The van der Waals surface area contributed by atoms with Crippen LogP contribution in [0, 0.1) is 0 Å². The molecule has 0 spiro atoms. The summed E-state index contributed by atoms with van der Waals surface area (Å²) in [5.41, 5.74) is 3.20. The van der Waals surface area contributed by atoms with Crippen molar-refractivity contribution < 1.29 is 14.3 Å². The number of methoxy groups -OCH3 is 1. The number of hydrogen-bond donors (Lipinski definition) is 1. The first-order chi connectivity index (χ1) is 13.2. The fourth-order valence-corrected chi connectivity index (χ4v) is 2.61. The number of amides is 1. The number of benzene rings is 2. The highest BCUT2D eigenvalue weighted by Gasteiger charge is 2.07. The van der Waals surface area contributed by atoms with E-state index in [1.54, 1.807) is 35.3 Å². The molecular formula is C20H20N4O3. The lowest BCUT2D eigenvalue weighted by Gasteiger charge is -2.07. The lowest BCUT2D eigenvalue weighted by molar-refractivity contribution is 0.0600. The van der Waals surface area contributed by atoms with Crippen LogP contribution in [0.3, 0.4) is 0 Å². The predicted molar refractivity (Wildman–Crippen MR) is 99.4 cm³/mol. The summed E-state index contributed by atoms with van der Waals surface area (Å²) in [6.07, 6.45) is 3.82. The lowest BCUT2D eigenvalue weighted by Crippen LogP contribution is -2.25. The largest absolute Gasteiger partial charge is 0.465 e. The third kappa shape index (κ3) is 5.01. The Kier molecular flexibility index (Phi) is 5.94. The summed E-state index contributed by atoms with van der Waals surface area (Å²) in [5.74, 6) is -0.476. The van der Waals surface area contributed by atoms with Crippen molar-refractivity contribution in [3.8, 4) is 0 Å². The summed E-state index contributed by atoms with van der Waals surface area (Å²) in [7, 11) is 1.35. The summed E-state index contributed by atoms with van der Waals surface area (Å²) >= 11 is 0. The van der Waals surface area contributed by atoms with Gasteiger partial charge in [0.05, 0.1) is 19.2 Å². The maximum Gasteiger partial charge on any atom is 0.337 e. The second kappa shape index (κ2) is 8.75. The molecule has 2 aromatic carbocycles. The Bertz CT molecular complexity index is 888. The van der Waals surface area contributed by atoms with Crippen LogP contribution in [0.1, 0.15) is 31.8 Å². The van der Waals surface area contributed by atoms with E-state index in [9.17, 15) is 9.59 Å². The van der Waals surface area contributed by atoms with Gasteiger partial charge >= 0.3 is 5.97 Å². The Morgan fingerprint density at radius 1 is 1.00 bits per heavy atom. The van der Waals surface area contributed by atoms with E-state index < -0.39 is 0 Å². The molecular weight excluding hydrogens is 344 g/mol. The number of nitrogens with one attached hydrogen (secondary N) is 1. The average molecular weight is 364 g/mol. The molecule has 1 aromatic heterocycles. The number of carbonyl (C=O) groups is 2. The van der Waals surface area contributed by atoms with Crippen LogP contribution in [0.2, 0.25) is 0 Å². The summed E-state index contributed by atoms with van der Waals surface area (Å²) in [6.45, 7) is 1.13. The molecule has 0 atom stereocenters. The van der Waals surface area contributed by atoms with E-state index in [1.807, 2.05) is 24.3 Å². The quantitative estimate of drug-likeness (QED) is 0.649. The number of hydrogen-bond acceptors (Lipinski definition) is 5. The van der Waals surface area contributed by atoms with E-state index in [2.05, 4.69) is 20.1 Å².